The minimum Gasteiger partial charge on any atom is -0.497 e. The Kier molecular flexibility index (Phi) is 6.34. The van der Waals surface area contributed by atoms with E-state index in [0.717, 1.165) is 62.2 Å². The summed E-state index contributed by atoms with van der Waals surface area (Å²) in [5.41, 5.74) is 1.65. The molecule has 2 aromatic rings. The molecule has 1 saturated carbocycles. The van der Waals surface area contributed by atoms with Crippen molar-refractivity contribution in [1.82, 2.24) is 19.8 Å². The number of amides is 1. The van der Waals surface area contributed by atoms with Crippen LogP contribution in [0.25, 0.3) is 0 Å². The summed E-state index contributed by atoms with van der Waals surface area (Å²) in [5, 5.41) is 0. The topological polar surface area (TPSA) is 71.0 Å². The van der Waals surface area contributed by atoms with Crippen LogP contribution in [-0.2, 0) is 11.3 Å². The molecule has 3 aliphatic rings. The van der Waals surface area contributed by atoms with E-state index in [2.05, 4.69) is 31.9 Å². The van der Waals surface area contributed by atoms with Gasteiger partial charge in [-0.3, -0.25) is 4.90 Å². The maximum Gasteiger partial charge on any atom is 0.410 e. The number of methoxy groups -OCH3 is 1. The van der Waals surface area contributed by atoms with E-state index < -0.39 is 0 Å². The van der Waals surface area contributed by atoms with Crippen LogP contribution >= 0.6 is 11.8 Å². The number of aromatic nitrogens is 2. The fourth-order valence-electron chi connectivity index (χ4n) is 5.14. The second-order valence-electron chi connectivity index (χ2n) is 9.30. The van der Waals surface area contributed by atoms with E-state index in [-0.39, 0.29) is 12.2 Å². The van der Waals surface area contributed by atoms with Crippen LogP contribution in [0.3, 0.4) is 0 Å². The monoisotopic (exact) mass is 469 g/mol. The summed E-state index contributed by atoms with van der Waals surface area (Å²) >= 11 is 1.63. The maximum atomic E-state index is 12.6. The second-order valence-corrected chi connectivity index (χ2v) is 10.2. The number of anilines is 1. The van der Waals surface area contributed by atoms with Crippen molar-refractivity contribution in [1.29, 1.82) is 0 Å². The predicted molar refractivity (Wildman–Crippen MR) is 128 cm³/mol. The molecule has 1 amide bonds. The van der Waals surface area contributed by atoms with E-state index in [0.29, 0.717) is 18.5 Å². The number of hydrogen-bond donors (Lipinski definition) is 0. The third-order valence-corrected chi connectivity index (χ3v) is 7.63. The van der Waals surface area contributed by atoms with Crippen LogP contribution in [0.15, 0.2) is 41.6 Å². The van der Waals surface area contributed by atoms with Gasteiger partial charge >= 0.3 is 6.09 Å². The van der Waals surface area contributed by atoms with Gasteiger partial charge in [0.05, 0.1) is 7.11 Å². The number of piperazine rings is 1. The fraction of sp³-hybridized carbons (Fsp3) is 0.542. The Hall–Kier alpha value is -2.52. The maximum absolute atomic E-state index is 12.6. The van der Waals surface area contributed by atoms with Gasteiger partial charge in [0.25, 0.3) is 0 Å². The van der Waals surface area contributed by atoms with Gasteiger partial charge in [0, 0.05) is 68.5 Å². The van der Waals surface area contributed by atoms with Crippen LogP contribution in [0.1, 0.15) is 18.4 Å². The molecule has 1 aromatic heterocycles. The van der Waals surface area contributed by atoms with Crippen molar-refractivity contribution < 1.29 is 14.3 Å². The molecule has 0 N–H and O–H groups in total. The Bertz CT molecular complexity index is 949. The largest absolute Gasteiger partial charge is 0.497 e. The highest BCUT2D eigenvalue weighted by Gasteiger charge is 2.53. The number of nitrogens with zero attached hydrogens (tertiary/aromatic N) is 5. The summed E-state index contributed by atoms with van der Waals surface area (Å²) < 4.78 is 11.0. The van der Waals surface area contributed by atoms with Crippen molar-refractivity contribution in [3.05, 3.63) is 42.2 Å². The third kappa shape index (κ3) is 4.89. The smallest absolute Gasteiger partial charge is 0.410 e. The van der Waals surface area contributed by atoms with E-state index in [9.17, 15) is 4.79 Å². The van der Waals surface area contributed by atoms with Gasteiger partial charge in [0.1, 0.15) is 11.9 Å². The molecule has 1 spiro atoms. The van der Waals surface area contributed by atoms with Crippen LogP contribution in [0.5, 0.6) is 5.75 Å². The molecular formula is C24H31N5O3S. The Labute approximate surface area is 199 Å². The molecule has 1 aromatic carbocycles. The van der Waals surface area contributed by atoms with Gasteiger partial charge in [-0.1, -0.05) is 12.1 Å². The van der Waals surface area contributed by atoms with Crippen LogP contribution in [-0.4, -0.2) is 84.6 Å². The lowest BCUT2D eigenvalue weighted by atomic mass is 9.61. The first kappa shape index (κ1) is 22.3. The van der Waals surface area contributed by atoms with Crippen molar-refractivity contribution in [3.8, 4) is 5.75 Å². The molecule has 9 heteroatoms. The Balaban J connectivity index is 1.01. The highest BCUT2D eigenvalue weighted by Crippen LogP contribution is 2.50. The number of thioether (sulfide) groups is 1. The van der Waals surface area contributed by atoms with Crippen molar-refractivity contribution in [2.45, 2.75) is 30.4 Å². The first-order valence-electron chi connectivity index (χ1n) is 11.5. The molecule has 3 heterocycles. The number of ether oxygens (including phenoxy) is 2. The molecule has 8 nitrogen and oxygen atoms in total. The number of hydrogen-bond acceptors (Lipinski definition) is 8. The highest BCUT2D eigenvalue weighted by atomic mass is 32.2. The number of carbonyl (C=O) groups is 1. The fourth-order valence-corrected chi connectivity index (χ4v) is 5.45. The first-order valence-corrected chi connectivity index (χ1v) is 12.7. The summed E-state index contributed by atoms with van der Waals surface area (Å²) in [4.78, 5) is 29.0. The minimum absolute atomic E-state index is 0.0566. The van der Waals surface area contributed by atoms with Gasteiger partial charge in [-0.05, 0) is 36.8 Å². The van der Waals surface area contributed by atoms with E-state index in [4.69, 9.17) is 9.47 Å². The molecule has 0 atom stereocenters. The van der Waals surface area contributed by atoms with Crippen LogP contribution in [0.2, 0.25) is 0 Å². The normalized spacial score (nSPS) is 20.3. The summed E-state index contributed by atoms with van der Waals surface area (Å²) in [6, 6.07) is 8.27. The number of carbonyl (C=O) groups excluding carboxylic acids is 1. The van der Waals surface area contributed by atoms with Gasteiger partial charge in [-0.25, -0.2) is 14.8 Å². The highest BCUT2D eigenvalue weighted by molar-refractivity contribution is 7.98. The zero-order chi connectivity index (χ0) is 22.8. The average molecular weight is 470 g/mol. The molecule has 2 saturated heterocycles. The third-order valence-electron chi connectivity index (χ3n) is 6.94. The van der Waals surface area contributed by atoms with Gasteiger partial charge in [0.15, 0.2) is 0 Å². The predicted octanol–water partition coefficient (Wildman–Crippen LogP) is 3.13. The molecule has 5 rings (SSSR count). The Morgan fingerprint density at radius 2 is 1.76 bits per heavy atom. The van der Waals surface area contributed by atoms with E-state index in [1.54, 1.807) is 18.9 Å². The zero-order valence-corrected chi connectivity index (χ0v) is 20.1. The van der Waals surface area contributed by atoms with Gasteiger partial charge in [0.2, 0.25) is 5.95 Å². The molecule has 176 valence electrons. The SMILES string of the molecule is COc1ccc(CN2CC3(CC(OC(=O)N4CCN(c5ncc(SC)cn5)CC4)C3)C2)cc1. The quantitative estimate of drug-likeness (QED) is 0.598. The molecule has 0 bridgehead atoms. The van der Waals surface area contributed by atoms with Crippen LogP contribution < -0.4 is 9.64 Å². The van der Waals surface area contributed by atoms with Crippen molar-refractivity contribution in [2.75, 3.05) is 57.5 Å². The number of benzene rings is 1. The Morgan fingerprint density at radius 3 is 2.36 bits per heavy atom. The zero-order valence-electron chi connectivity index (χ0n) is 19.3. The molecule has 0 radical (unpaired) electrons. The van der Waals surface area contributed by atoms with Gasteiger partial charge in [-0.15, -0.1) is 11.8 Å². The van der Waals surface area contributed by atoms with E-state index >= 15 is 0 Å². The number of likely N-dealkylation sites (tertiary alicyclic amines) is 1. The number of rotatable bonds is 6. The van der Waals surface area contributed by atoms with Crippen molar-refractivity contribution in [2.24, 2.45) is 5.41 Å². The van der Waals surface area contributed by atoms with E-state index in [1.165, 1.54) is 5.56 Å². The molecule has 3 fully saturated rings. The lowest BCUT2D eigenvalue weighted by Gasteiger charge is -2.58. The molecule has 1 aliphatic carbocycles. The molecular weight excluding hydrogens is 438 g/mol. The second kappa shape index (κ2) is 9.38. The summed E-state index contributed by atoms with van der Waals surface area (Å²) in [7, 11) is 1.69. The Morgan fingerprint density at radius 1 is 1.09 bits per heavy atom. The van der Waals surface area contributed by atoms with Gasteiger partial charge < -0.3 is 19.3 Å². The molecule has 2 aliphatic heterocycles. The lowest BCUT2D eigenvalue weighted by molar-refractivity contribution is -0.136. The van der Waals surface area contributed by atoms with Crippen molar-refractivity contribution >= 4 is 23.8 Å². The van der Waals surface area contributed by atoms with Crippen LogP contribution in [0.4, 0.5) is 10.7 Å². The summed E-state index contributed by atoms with van der Waals surface area (Å²) in [5.74, 6) is 1.62. The van der Waals surface area contributed by atoms with E-state index in [1.807, 2.05) is 35.7 Å². The van der Waals surface area contributed by atoms with Crippen LogP contribution in [0, 0.1) is 5.41 Å². The average Bonchev–Trinajstić information content (AvgIpc) is 2.82. The lowest BCUT2D eigenvalue weighted by Crippen LogP contribution is -2.64. The van der Waals surface area contributed by atoms with Gasteiger partial charge in [-0.2, -0.15) is 0 Å². The molecule has 33 heavy (non-hydrogen) atoms. The minimum atomic E-state index is -0.178. The first-order chi connectivity index (χ1) is 16.1. The summed E-state index contributed by atoms with van der Waals surface area (Å²) in [6.07, 6.45) is 7.54. The summed E-state index contributed by atoms with van der Waals surface area (Å²) in [6.45, 7) is 5.86. The molecule has 0 unspecified atom stereocenters. The van der Waals surface area contributed by atoms with Crippen molar-refractivity contribution in [3.63, 3.8) is 0 Å². The standard InChI is InChI=1S/C24H31N5O3S/c1-31-19-5-3-18(4-6-19)15-27-16-24(17-27)11-20(12-24)32-23(30)29-9-7-28(8-10-29)22-25-13-21(33-2)14-26-22/h3-6,13-14,20H,7-12,15-17H2,1-2H3.